The van der Waals surface area contributed by atoms with Crippen molar-refractivity contribution >= 4 is 49.6 Å². The highest BCUT2D eigenvalue weighted by Gasteiger charge is 2.29. The number of benzene rings is 4. The van der Waals surface area contributed by atoms with Gasteiger partial charge < -0.3 is 62.1 Å². The molecule has 4 aliphatic heterocycles. The van der Waals surface area contributed by atoms with Crippen molar-refractivity contribution in [1.29, 1.82) is 0 Å². The molecule has 0 bridgehead atoms. The van der Waals surface area contributed by atoms with Crippen LogP contribution < -0.4 is 40.2 Å². The molecule has 4 aliphatic rings. The van der Waals surface area contributed by atoms with Crippen LogP contribution in [0.3, 0.4) is 0 Å². The van der Waals surface area contributed by atoms with E-state index in [1.54, 1.807) is 28.4 Å². The summed E-state index contributed by atoms with van der Waals surface area (Å²) in [6.45, 7) is 12.9. The van der Waals surface area contributed by atoms with Crippen molar-refractivity contribution in [3.8, 4) is 23.0 Å². The lowest BCUT2D eigenvalue weighted by Gasteiger charge is -2.33. The molecule has 0 aromatic heterocycles. The number of hydrogen-bond acceptors (Lipinski definition) is 8. The molecule has 0 spiro atoms. The summed E-state index contributed by atoms with van der Waals surface area (Å²) in [6.07, 6.45) is 16.3. The Hall–Kier alpha value is -3.08. The Kier molecular flexibility index (Phi) is 31.0. The van der Waals surface area contributed by atoms with Crippen LogP contribution in [0.4, 0.5) is 0 Å². The lowest BCUT2D eigenvalue weighted by Crippen LogP contribution is -2.31. The monoisotopic (exact) mass is 1090 g/mol. The molecule has 410 valence electrons. The largest absolute Gasteiger partial charge is 0.496 e. The molecular formula is C56H90Cl4N4O8. The fraction of sp³-hybridized carbons (Fsp3) is 0.571. The normalized spacial score (nSPS) is 18.8. The predicted octanol–water partition coefficient (Wildman–Crippen LogP) is 9.32. The van der Waals surface area contributed by atoms with Crippen LogP contribution in [0, 0.1) is 39.5 Å². The predicted molar refractivity (Wildman–Crippen MR) is 305 cm³/mol. The molecule has 0 aliphatic carbocycles. The van der Waals surface area contributed by atoms with Gasteiger partial charge in [0.25, 0.3) is 0 Å². The molecule has 0 fully saturated rings. The van der Waals surface area contributed by atoms with Gasteiger partial charge >= 0.3 is 0 Å². The first-order chi connectivity index (χ1) is 31.2. The quantitative estimate of drug-likeness (QED) is 0.0709. The zero-order valence-electron chi connectivity index (χ0n) is 44.1. The average molecular weight is 1090 g/mol. The van der Waals surface area contributed by atoms with E-state index in [-0.39, 0.29) is 71.5 Å². The van der Waals surface area contributed by atoms with Gasteiger partial charge in [-0.2, -0.15) is 0 Å². The topological polar surface area (TPSA) is 211 Å². The SMILES string of the molecule is COc1cc2c(cc1C)C(CCC(CCC(CCC1NCCc3cc(OC)c(C)cc31)CCC1NCCc3cc(OC)c(C)cc31)CCC1NCCc3cc(OC)c(C)cc31)NCC2.Cl.Cl.Cl.Cl.O.O.O.O. The van der Waals surface area contributed by atoms with E-state index in [9.17, 15) is 0 Å². The summed E-state index contributed by atoms with van der Waals surface area (Å²) in [4.78, 5) is 0. The van der Waals surface area contributed by atoms with Crippen LogP contribution in [0.5, 0.6) is 23.0 Å². The molecule has 72 heavy (non-hydrogen) atoms. The summed E-state index contributed by atoms with van der Waals surface area (Å²) < 4.78 is 23.1. The van der Waals surface area contributed by atoms with Crippen molar-refractivity contribution in [2.24, 2.45) is 11.8 Å². The molecule has 4 heterocycles. The maximum absolute atomic E-state index is 5.76. The molecule has 4 atom stereocenters. The molecule has 12 nitrogen and oxygen atoms in total. The standard InChI is InChI=1S/C56H78N4O4.4ClH.4H2O/c1-35-27-45-41(31-53(35)61-5)19-23-57-49(45)15-11-39(12-16-50-46-28-36(2)54(62-6)32-42(46)20-24-58-50)9-10-40(13-17-51-47-29-37(3)55(63-7)33-43(47)21-25-59-51)14-18-52-48-30-38(4)56(64-8)34-44(48)22-26-60-52;;;;;;;;/h27-34,39-40,49-52,57-60H,9-26H2,1-8H3;4*1H;4*1H2. The van der Waals surface area contributed by atoms with Gasteiger partial charge in [0.2, 0.25) is 0 Å². The molecule has 4 aromatic rings. The molecule has 0 amide bonds. The molecule has 0 saturated carbocycles. The first-order valence-corrected chi connectivity index (χ1v) is 24.8. The molecule has 4 aromatic carbocycles. The molecule has 4 unspecified atom stereocenters. The molecule has 16 heteroatoms. The summed E-state index contributed by atoms with van der Waals surface area (Å²) >= 11 is 0. The minimum absolute atomic E-state index is 0. The van der Waals surface area contributed by atoms with Crippen molar-refractivity contribution in [2.45, 2.75) is 142 Å². The Morgan fingerprint density at radius 2 is 0.569 bits per heavy atom. The lowest BCUT2D eigenvalue weighted by molar-refractivity contribution is 0.279. The Labute approximate surface area is 455 Å². The second-order valence-electron chi connectivity index (χ2n) is 19.7. The second kappa shape index (κ2) is 32.4. The number of aryl methyl sites for hydroxylation is 4. The first-order valence-electron chi connectivity index (χ1n) is 24.8. The van der Waals surface area contributed by atoms with Gasteiger partial charge in [-0.25, -0.2) is 0 Å². The van der Waals surface area contributed by atoms with Crippen molar-refractivity contribution < 1.29 is 40.9 Å². The third-order valence-corrected chi connectivity index (χ3v) is 15.7. The number of fused-ring (bicyclic) bond motifs is 4. The second-order valence-corrected chi connectivity index (χ2v) is 19.7. The van der Waals surface area contributed by atoms with Crippen molar-refractivity contribution in [3.05, 3.63) is 115 Å². The fourth-order valence-electron chi connectivity index (χ4n) is 12.0. The average Bonchev–Trinajstić information content (AvgIpc) is 3.31. The minimum atomic E-state index is 0. The van der Waals surface area contributed by atoms with Crippen LogP contribution in [-0.4, -0.2) is 76.5 Å². The number of halogens is 4. The molecule has 0 saturated heterocycles. The maximum Gasteiger partial charge on any atom is 0.122 e. The van der Waals surface area contributed by atoms with Crippen LogP contribution in [0.2, 0.25) is 0 Å². The summed E-state index contributed by atoms with van der Waals surface area (Å²) in [5.74, 6) is 5.35. The number of rotatable bonds is 19. The Balaban J connectivity index is 0.00000630. The van der Waals surface area contributed by atoms with Crippen LogP contribution in [0.15, 0.2) is 48.5 Å². The summed E-state index contributed by atoms with van der Waals surface area (Å²) in [5, 5.41) is 15.8. The van der Waals surface area contributed by atoms with Crippen molar-refractivity contribution in [2.75, 3.05) is 54.6 Å². The van der Waals surface area contributed by atoms with E-state index in [0.717, 1.165) is 101 Å². The van der Waals surface area contributed by atoms with Gasteiger partial charge in [-0.15, -0.1) is 49.6 Å². The number of hydrogen-bond donors (Lipinski definition) is 4. The Bertz CT molecular complexity index is 1950. The Morgan fingerprint density at radius 3 is 0.764 bits per heavy atom. The van der Waals surface area contributed by atoms with Gasteiger partial charge in [0.15, 0.2) is 0 Å². The van der Waals surface area contributed by atoms with E-state index in [1.807, 2.05) is 0 Å². The third kappa shape index (κ3) is 16.2. The van der Waals surface area contributed by atoms with E-state index in [1.165, 1.54) is 105 Å². The smallest absolute Gasteiger partial charge is 0.122 e. The van der Waals surface area contributed by atoms with Gasteiger partial charge in [0.05, 0.1) is 28.4 Å². The summed E-state index contributed by atoms with van der Waals surface area (Å²) in [6, 6.07) is 20.4. The van der Waals surface area contributed by atoms with Gasteiger partial charge in [-0.3, -0.25) is 0 Å². The van der Waals surface area contributed by atoms with Crippen LogP contribution in [0.1, 0.15) is 155 Å². The Morgan fingerprint density at radius 1 is 0.361 bits per heavy atom. The van der Waals surface area contributed by atoms with Gasteiger partial charge in [0, 0.05) is 24.2 Å². The number of nitrogens with one attached hydrogen (secondary N) is 4. The highest BCUT2D eigenvalue weighted by Crippen LogP contribution is 2.40. The zero-order valence-corrected chi connectivity index (χ0v) is 47.3. The van der Waals surface area contributed by atoms with E-state index in [4.69, 9.17) is 18.9 Å². The molecule has 0 radical (unpaired) electrons. The molecule has 8 rings (SSSR count). The number of methoxy groups -OCH3 is 4. The van der Waals surface area contributed by atoms with Crippen LogP contribution in [-0.2, 0) is 25.7 Å². The van der Waals surface area contributed by atoms with Gasteiger partial charge in [0.1, 0.15) is 23.0 Å². The van der Waals surface area contributed by atoms with E-state index >= 15 is 0 Å². The van der Waals surface area contributed by atoms with Gasteiger partial charge in [-0.05, 0) is 234 Å². The fourth-order valence-corrected chi connectivity index (χ4v) is 12.0. The lowest BCUT2D eigenvalue weighted by atomic mass is 9.80. The molecule has 12 N–H and O–H groups in total. The van der Waals surface area contributed by atoms with Crippen LogP contribution in [0.25, 0.3) is 0 Å². The van der Waals surface area contributed by atoms with Crippen LogP contribution >= 0.6 is 49.6 Å². The molecular weight excluding hydrogens is 998 g/mol. The van der Waals surface area contributed by atoms with Crippen molar-refractivity contribution in [3.63, 3.8) is 0 Å². The highest BCUT2D eigenvalue weighted by molar-refractivity contribution is 5.86. The van der Waals surface area contributed by atoms with E-state index < -0.39 is 0 Å². The maximum atomic E-state index is 5.76. The minimum Gasteiger partial charge on any atom is -0.496 e. The first kappa shape index (κ1) is 68.9. The summed E-state index contributed by atoms with van der Waals surface area (Å²) in [5.41, 5.74) is 16.7. The van der Waals surface area contributed by atoms with E-state index in [0.29, 0.717) is 36.0 Å². The number of ether oxygens (including phenoxy) is 4. The van der Waals surface area contributed by atoms with E-state index in [2.05, 4.69) is 97.5 Å². The summed E-state index contributed by atoms with van der Waals surface area (Å²) in [7, 11) is 7.20. The third-order valence-electron chi connectivity index (χ3n) is 15.7. The zero-order chi connectivity index (χ0) is 44.7. The van der Waals surface area contributed by atoms with Gasteiger partial charge in [-0.1, -0.05) is 37.1 Å². The van der Waals surface area contributed by atoms with Crippen molar-refractivity contribution in [1.82, 2.24) is 21.3 Å². The highest BCUT2D eigenvalue weighted by atomic mass is 35.5.